The van der Waals surface area contributed by atoms with Crippen LogP contribution in [-0.2, 0) is 4.79 Å². The van der Waals surface area contributed by atoms with Crippen molar-refractivity contribution >= 4 is 11.6 Å². The summed E-state index contributed by atoms with van der Waals surface area (Å²) in [6.45, 7) is 1.67. The molecule has 1 amide bonds. The van der Waals surface area contributed by atoms with Crippen LogP contribution in [-0.4, -0.2) is 36.8 Å². The average molecular weight is 304 g/mol. The van der Waals surface area contributed by atoms with Crippen LogP contribution < -0.4 is 10.2 Å². The maximum absolute atomic E-state index is 11.8. The molecule has 0 atom stereocenters. The smallest absolute Gasteiger partial charge is 0.222 e. The highest BCUT2D eigenvalue weighted by Gasteiger charge is 2.33. The van der Waals surface area contributed by atoms with Crippen LogP contribution in [0.1, 0.15) is 44.9 Å². The van der Waals surface area contributed by atoms with Gasteiger partial charge in [0.25, 0.3) is 0 Å². The molecule has 0 saturated heterocycles. The van der Waals surface area contributed by atoms with E-state index in [1.165, 1.54) is 5.69 Å². The molecule has 0 radical (unpaired) electrons. The number of carbonyl (C=O) groups excluding carboxylic acids is 1. The third-order valence-electron chi connectivity index (χ3n) is 4.46. The van der Waals surface area contributed by atoms with E-state index in [1.54, 1.807) is 0 Å². The molecule has 1 aliphatic carbocycles. The van der Waals surface area contributed by atoms with Crippen LogP contribution in [0.5, 0.6) is 0 Å². The number of unbranched alkanes of at least 4 members (excludes halogenated alkanes) is 1. The first-order chi connectivity index (χ1) is 10.6. The number of hydrogen-bond acceptors (Lipinski definition) is 3. The van der Waals surface area contributed by atoms with E-state index in [2.05, 4.69) is 29.4 Å². The van der Waals surface area contributed by atoms with Crippen molar-refractivity contribution < 1.29 is 9.90 Å². The summed E-state index contributed by atoms with van der Waals surface area (Å²) >= 11 is 0. The molecule has 0 aromatic heterocycles. The van der Waals surface area contributed by atoms with E-state index in [-0.39, 0.29) is 12.3 Å². The summed E-state index contributed by atoms with van der Waals surface area (Å²) in [5.41, 5.74) is 0.479. The van der Waals surface area contributed by atoms with Crippen LogP contribution in [0.3, 0.4) is 0 Å². The van der Waals surface area contributed by atoms with Crippen molar-refractivity contribution in [2.45, 2.75) is 50.5 Å². The summed E-state index contributed by atoms with van der Waals surface area (Å²) < 4.78 is 0. The fourth-order valence-corrected chi connectivity index (χ4v) is 3.08. The molecule has 2 N–H and O–H groups in total. The van der Waals surface area contributed by atoms with E-state index in [1.807, 2.05) is 18.2 Å². The fraction of sp³-hybridized carbons (Fsp3) is 0.611. The standard InChI is InChI=1S/C18H28N2O2/c1-20(16-9-3-2-4-10-16)14-8-7-13-19-17(21)15-18(22)11-5-6-12-18/h2-4,9-10,22H,5-8,11-15H2,1H3,(H,19,21). The molecule has 0 bridgehead atoms. The van der Waals surface area contributed by atoms with Gasteiger partial charge in [-0.25, -0.2) is 0 Å². The van der Waals surface area contributed by atoms with E-state index >= 15 is 0 Å². The van der Waals surface area contributed by atoms with Gasteiger partial charge in [-0.1, -0.05) is 31.0 Å². The Hall–Kier alpha value is -1.55. The second-order valence-electron chi connectivity index (χ2n) is 6.42. The minimum absolute atomic E-state index is 0.0131. The molecule has 1 saturated carbocycles. The average Bonchev–Trinajstić information content (AvgIpc) is 2.93. The zero-order chi connectivity index (χ0) is 15.8. The lowest BCUT2D eigenvalue weighted by atomic mass is 9.98. The number of aliphatic hydroxyl groups is 1. The third-order valence-corrected chi connectivity index (χ3v) is 4.46. The van der Waals surface area contributed by atoms with Gasteiger partial charge in [-0.2, -0.15) is 0 Å². The topological polar surface area (TPSA) is 52.6 Å². The van der Waals surface area contributed by atoms with Gasteiger partial charge in [0, 0.05) is 25.8 Å². The monoisotopic (exact) mass is 304 g/mol. The van der Waals surface area contributed by atoms with Crippen LogP contribution in [0.2, 0.25) is 0 Å². The first kappa shape index (κ1) is 16.8. The van der Waals surface area contributed by atoms with Crippen LogP contribution in [0, 0.1) is 0 Å². The Labute approximate surface area is 133 Å². The van der Waals surface area contributed by atoms with Crippen molar-refractivity contribution in [3.05, 3.63) is 30.3 Å². The van der Waals surface area contributed by atoms with Gasteiger partial charge < -0.3 is 15.3 Å². The summed E-state index contributed by atoms with van der Waals surface area (Å²) in [6, 6.07) is 10.3. The number of para-hydroxylation sites is 1. The summed E-state index contributed by atoms with van der Waals surface area (Å²) in [6.07, 6.45) is 5.87. The molecule has 122 valence electrons. The van der Waals surface area contributed by atoms with E-state index < -0.39 is 5.60 Å². The summed E-state index contributed by atoms with van der Waals surface area (Å²) in [4.78, 5) is 14.1. The third kappa shape index (κ3) is 5.34. The molecule has 1 aliphatic rings. The number of rotatable bonds is 8. The number of carbonyl (C=O) groups is 1. The Balaban J connectivity index is 1.56. The SMILES string of the molecule is CN(CCCCNC(=O)CC1(O)CCCC1)c1ccccc1. The minimum Gasteiger partial charge on any atom is -0.389 e. The minimum atomic E-state index is -0.738. The molecule has 1 aromatic carbocycles. The van der Waals surface area contributed by atoms with Crippen molar-refractivity contribution in [1.29, 1.82) is 0 Å². The Morgan fingerprint density at radius 2 is 1.91 bits per heavy atom. The number of nitrogens with one attached hydrogen (secondary N) is 1. The molecule has 0 heterocycles. The van der Waals surface area contributed by atoms with Gasteiger partial charge in [0.05, 0.1) is 12.0 Å². The highest BCUT2D eigenvalue weighted by atomic mass is 16.3. The van der Waals surface area contributed by atoms with Crippen molar-refractivity contribution in [2.24, 2.45) is 0 Å². The Morgan fingerprint density at radius 3 is 2.59 bits per heavy atom. The number of nitrogens with zero attached hydrogens (tertiary/aromatic N) is 1. The number of amides is 1. The zero-order valence-electron chi connectivity index (χ0n) is 13.6. The highest BCUT2D eigenvalue weighted by molar-refractivity contribution is 5.77. The first-order valence-corrected chi connectivity index (χ1v) is 8.34. The van der Waals surface area contributed by atoms with Gasteiger partial charge in [-0.3, -0.25) is 4.79 Å². The van der Waals surface area contributed by atoms with Gasteiger partial charge in [0.1, 0.15) is 0 Å². The van der Waals surface area contributed by atoms with Crippen molar-refractivity contribution in [3.63, 3.8) is 0 Å². The van der Waals surface area contributed by atoms with Crippen LogP contribution in [0.25, 0.3) is 0 Å². The zero-order valence-corrected chi connectivity index (χ0v) is 13.6. The quantitative estimate of drug-likeness (QED) is 0.726. The normalized spacial score (nSPS) is 16.5. The second-order valence-corrected chi connectivity index (χ2v) is 6.42. The molecule has 1 aromatic rings. The molecule has 1 fully saturated rings. The Bertz CT molecular complexity index is 455. The Morgan fingerprint density at radius 1 is 1.23 bits per heavy atom. The van der Waals surface area contributed by atoms with Crippen LogP contribution >= 0.6 is 0 Å². The molecule has 0 unspecified atom stereocenters. The number of anilines is 1. The van der Waals surface area contributed by atoms with E-state index in [0.717, 1.165) is 45.1 Å². The lowest BCUT2D eigenvalue weighted by molar-refractivity contribution is -0.125. The molecule has 4 heteroatoms. The van der Waals surface area contributed by atoms with Gasteiger partial charge in [-0.15, -0.1) is 0 Å². The maximum Gasteiger partial charge on any atom is 0.222 e. The predicted octanol–water partition coefficient (Wildman–Crippen LogP) is 2.71. The highest BCUT2D eigenvalue weighted by Crippen LogP contribution is 2.32. The van der Waals surface area contributed by atoms with E-state index in [4.69, 9.17) is 0 Å². The van der Waals surface area contributed by atoms with Crippen LogP contribution in [0.4, 0.5) is 5.69 Å². The molecule has 2 rings (SSSR count). The van der Waals surface area contributed by atoms with Crippen LogP contribution in [0.15, 0.2) is 30.3 Å². The largest absolute Gasteiger partial charge is 0.389 e. The Kier molecular flexibility index (Phi) is 6.25. The lowest BCUT2D eigenvalue weighted by Crippen LogP contribution is -2.35. The number of benzene rings is 1. The van der Waals surface area contributed by atoms with Crippen molar-refractivity contribution in [2.75, 3.05) is 25.0 Å². The predicted molar refractivity (Wildman–Crippen MR) is 90.0 cm³/mol. The number of hydrogen-bond donors (Lipinski definition) is 2. The first-order valence-electron chi connectivity index (χ1n) is 8.34. The van der Waals surface area contributed by atoms with Crippen molar-refractivity contribution in [3.8, 4) is 0 Å². The summed E-state index contributed by atoms with van der Waals surface area (Å²) in [5, 5.41) is 13.1. The molecular formula is C18H28N2O2. The molecule has 22 heavy (non-hydrogen) atoms. The van der Waals surface area contributed by atoms with E-state index in [9.17, 15) is 9.90 Å². The molecule has 4 nitrogen and oxygen atoms in total. The van der Waals surface area contributed by atoms with Gasteiger partial charge in [-0.05, 0) is 37.8 Å². The molecular weight excluding hydrogens is 276 g/mol. The second kappa shape index (κ2) is 8.18. The fourth-order valence-electron chi connectivity index (χ4n) is 3.08. The maximum atomic E-state index is 11.8. The van der Waals surface area contributed by atoms with Gasteiger partial charge >= 0.3 is 0 Å². The summed E-state index contributed by atoms with van der Waals surface area (Å²) in [7, 11) is 2.09. The van der Waals surface area contributed by atoms with Gasteiger partial charge in [0.2, 0.25) is 5.91 Å². The van der Waals surface area contributed by atoms with E-state index in [0.29, 0.717) is 6.54 Å². The van der Waals surface area contributed by atoms with Crippen molar-refractivity contribution in [1.82, 2.24) is 5.32 Å². The summed E-state index contributed by atoms with van der Waals surface area (Å²) in [5.74, 6) is -0.0131. The molecule has 0 aliphatic heterocycles. The van der Waals surface area contributed by atoms with Gasteiger partial charge in [0.15, 0.2) is 0 Å². The molecule has 0 spiro atoms. The lowest BCUT2D eigenvalue weighted by Gasteiger charge is -2.21.